The van der Waals surface area contributed by atoms with Crippen molar-refractivity contribution in [1.82, 2.24) is 10.3 Å². The van der Waals surface area contributed by atoms with Crippen LogP contribution < -0.4 is 10.1 Å². The lowest BCUT2D eigenvalue weighted by Gasteiger charge is -2.23. The molecule has 0 spiro atoms. The SMILES string of the molecule is COc1ccc2nc(C(=O)NC(C)(C)CO)ccc2c1. The number of fused-ring (bicyclic) bond motifs is 1. The monoisotopic (exact) mass is 274 g/mol. The molecule has 0 aliphatic rings. The summed E-state index contributed by atoms with van der Waals surface area (Å²) in [5, 5.41) is 12.8. The number of aliphatic hydroxyl groups is 1. The minimum absolute atomic E-state index is 0.135. The minimum atomic E-state index is -0.673. The summed E-state index contributed by atoms with van der Waals surface area (Å²) in [6.45, 7) is 3.36. The fourth-order valence-electron chi connectivity index (χ4n) is 1.77. The Morgan fingerprint density at radius 1 is 1.35 bits per heavy atom. The first-order chi connectivity index (χ1) is 9.45. The van der Waals surface area contributed by atoms with Crippen LogP contribution in [0, 0.1) is 0 Å². The topological polar surface area (TPSA) is 71.5 Å². The van der Waals surface area contributed by atoms with Crippen LogP contribution in [0.5, 0.6) is 5.75 Å². The summed E-state index contributed by atoms with van der Waals surface area (Å²) in [6.07, 6.45) is 0. The highest BCUT2D eigenvalue weighted by molar-refractivity contribution is 5.95. The molecule has 0 unspecified atom stereocenters. The number of carbonyl (C=O) groups excluding carboxylic acids is 1. The van der Waals surface area contributed by atoms with Gasteiger partial charge in [0.1, 0.15) is 11.4 Å². The number of pyridine rings is 1. The largest absolute Gasteiger partial charge is 0.497 e. The van der Waals surface area contributed by atoms with Crippen molar-refractivity contribution in [2.45, 2.75) is 19.4 Å². The molecule has 20 heavy (non-hydrogen) atoms. The number of nitrogens with one attached hydrogen (secondary N) is 1. The van der Waals surface area contributed by atoms with Gasteiger partial charge in [0.25, 0.3) is 5.91 Å². The number of rotatable bonds is 4. The maximum absolute atomic E-state index is 12.1. The molecule has 0 saturated carbocycles. The van der Waals surface area contributed by atoms with Crippen molar-refractivity contribution >= 4 is 16.8 Å². The molecule has 5 heteroatoms. The minimum Gasteiger partial charge on any atom is -0.497 e. The molecule has 0 saturated heterocycles. The van der Waals surface area contributed by atoms with E-state index in [1.807, 2.05) is 18.2 Å². The molecule has 0 radical (unpaired) electrons. The van der Waals surface area contributed by atoms with Crippen molar-refractivity contribution in [1.29, 1.82) is 0 Å². The Kier molecular flexibility index (Phi) is 3.90. The zero-order chi connectivity index (χ0) is 14.8. The Bertz CT molecular complexity index is 638. The number of aromatic nitrogens is 1. The molecule has 1 aromatic heterocycles. The van der Waals surface area contributed by atoms with E-state index in [4.69, 9.17) is 4.74 Å². The number of aliphatic hydroxyl groups excluding tert-OH is 1. The Labute approximate surface area is 117 Å². The van der Waals surface area contributed by atoms with Crippen molar-refractivity contribution in [3.63, 3.8) is 0 Å². The van der Waals surface area contributed by atoms with Gasteiger partial charge in [0.2, 0.25) is 0 Å². The second-order valence-electron chi connectivity index (χ2n) is 5.25. The molecule has 0 aliphatic heterocycles. The molecule has 2 N–H and O–H groups in total. The number of benzene rings is 1. The Morgan fingerprint density at radius 2 is 2.10 bits per heavy atom. The third-order valence-electron chi connectivity index (χ3n) is 2.98. The van der Waals surface area contributed by atoms with E-state index in [9.17, 15) is 9.90 Å². The van der Waals surface area contributed by atoms with E-state index in [0.717, 1.165) is 16.7 Å². The predicted molar refractivity (Wildman–Crippen MR) is 76.9 cm³/mol. The Hall–Kier alpha value is -2.14. The van der Waals surface area contributed by atoms with Gasteiger partial charge >= 0.3 is 0 Å². The van der Waals surface area contributed by atoms with E-state index >= 15 is 0 Å². The van der Waals surface area contributed by atoms with Crippen molar-refractivity contribution in [2.75, 3.05) is 13.7 Å². The summed E-state index contributed by atoms with van der Waals surface area (Å²) < 4.78 is 5.15. The first-order valence-corrected chi connectivity index (χ1v) is 6.33. The second-order valence-corrected chi connectivity index (χ2v) is 5.25. The third kappa shape index (κ3) is 3.05. The molecule has 2 rings (SSSR count). The summed E-state index contributed by atoms with van der Waals surface area (Å²) in [6, 6.07) is 8.95. The number of hydrogen-bond donors (Lipinski definition) is 2. The van der Waals surface area contributed by atoms with E-state index < -0.39 is 5.54 Å². The van der Waals surface area contributed by atoms with Crippen LogP contribution in [0.25, 0.3) is 10.9 Å². The highest BCUT2D eigenvalue weighted by Crippen LogP contribution is 2.19. The first-order valence-electron chi connectivity index (χ1n) is 6.33. The summed E-state index contributed by atoms with van der Waals surface area (Å²) in [7, 11) is 1.60. The summed E-state index contributed by atoms with van der Waals surface area (Å²) in [5.74, 6) is 0.444. The standard InChI is InChI=1S/C15H18N2O3/c1-15(2,9-18)17-14(19)13-6-4-10-8-11(20-3)5-7-12(10)16-13/h4-8,18H,9H2,1-3H3,(H,17,19). The molecule has 0 atom stereocenters. The summed E-state index contributed by atoms with van der Waals surface area (Å²) >= 11 is 0. The summed E-state index contributed by atoms with van der Waals surface area (Å²) in [5.41, 5.74) is 0.373. The van der Waals surface area contributed by atoms with Crippen LogP contribution in [0.2, 0.25) is 0 Å². The quantitative estimate of drug-likeness (QED) is 0.891. The molecule has 1 amide bonds. The van der Waals surface area contributed by atoms with Crippen LogP contribution in [0.4, 0.5) is 0 Å². The fourth-order valence-corrected chi connectivity index (χ4v) is 1.77. The Morgan fingerprint density at radius 3 is 2.75 bits per heavy atom. The zero-order valence-corrected chi connectivity index (χ0v) is 11.8. The Balaban J connectivity index is 2.30. The van der Waals surface area contributed by atoms with E-state index in [0.29, 0.717) is 5.69 Å². The van der Waals surface area contributed by atoms with E-state index in [-0.39, 0.29) is 12.5 Å². The van der Waals surface area contributed by atoms with Crippen molar-refractivity contribution in [3.8, 4) is 5.75 Å². The van der Waals surface area contributed by atoms with Gasteiger partial charge in [-0.15, -0.1) is 0 Å². The van der Waals surface area contributed by atoms with Gasteiger partial charge in [0, 0.05) is 5.39 Å². The maximum atomic E-state index is 12.1. The molecule has 0 bridgehead atoms. The van der Waals surface area contributed by atoms with E-state index in [2.05, 4.69) is 10.3 Å². The van der Waals surface area contributed by atoms with E-state index in [1.165, 1.54) is 0 Å². The van der Waals surface area contributed by atoms with Crippen molar-refractivity contribution in [2.24, 2.45) is 0 Å². The normalized spacial score (nSPS) is 11.4. The average molecular weight is 274 g/mol. The molecule has 5 nitrogen and oxygen atoms in total. The highest BCUT2D eigenvalue weighted by Gasteiger charge is 2.20. The fraction of sp³-hybridized carbons (Fsp3) is 0.333. The lowest BCUT2D eigenvalue weighted by molar-refractivity contribution is 0.0864. The number of hydrogen-bond acceptors (Lipinski definition) is 4. The van der Waals surface area contributed by atoms with Crippen LogP contribution in [0.1, 0.15) is 24.3 Å². The highest BCUT2D eigenvalue weighted by atomic mass is 16.5. The number of ether oxygens (including phenoxy) is 1. The summed E-state index contributed by atoms with van der Waals surface area (Å²) in [4.78, 5) is 16.4. The molecular weight excluding hydrogens is 256 g/mol. The van der Waals surface area contributed by atoms with Gasteiger partial charge in [0.15, 0.2) is 0 Å². The number of methoxy groups -OCH3 is 1. The lowest BCUT2D eigenvalue weighted by Crippen LogP contribution is -2.46. The molecule has 1 aromatic carbocycles. The van der Waals surface area contributed by atoms with Gasteiger partial charge in [-0.2, -0.15) is 0 Å². The lowest BCUT2D eigenvalue weighted by atomic mass is 10.1. The molecule has 2 aromatic rings. The number of nitrogens with zero attached hydrogens (tertiary/aromatic N) is 1. The van der Waals surface area contributed by atoms with Crippen molar-refractivity contribution < 1.29 is 14.6 Å². The molecule has 0 fully saturated rings. The van der Waals surface area contributed by atoms with Gasteiger partial charge < -0.3 is 15.2 Å². The maximum Gasteiger partial charge on any atom is 0.270 e. The van der Waals surface area contributed by atoms with Crippen LogP contribution in [0.15, 0.2) is 30.3 Å². The van der Waals surface area contributed by atoms with Gasteiger partial charge in [-0.1, -0.05) is 6.07 Å². The first kappa shape index (κ1) is 14.3. The second kappa shape index (κ2) is 5.46. The molecule has 0 aliphatic carbocycles. The van der Waals surface area contributed by atoms with Crippen LogP contribution in [0.3, 0.4) is 0 Å². The molecule has 106 valence electrons. The zero-order valence-electron chi connectivity index (χ0n) is 11.8. The van der Waals surface area contributed by atoms with Gasteiger partial charge in [-0.05, 0) is 38.1 Å². The molecule has 1 heterocycles. The predicted octanol–water partition coefficient (Wildman–Crippen LogP) is 1.74. The van der Waals surface area contributed by atoms with Crippen LogP contribution in [-0.2, 0) is 0 Å². The van der Waals surface area contributed by atoms with Crippen LogP contribution >= 0.6 is 0 Å². The van der Waals surface area contributed by atoms with Gasteiger partial charge in [-0.25, -0.2) is 4.98 Å². The van der Waals surface area contributed by atoms with E-state index in [1.54, 1.807) is 33.1 Å². The van der Waals surface area contributed by atoms with Gasteiger partial charge in [0.05, 0.1) is 24.8 Å². The van der Waals surface area contributed by atoms with Crippen molar-refractivity contribution in [3.05, 3.63) is 36.0 Å². The van der Waals surface area contributed by atoms with Crippen LogP contribution in [-0.4, -0.2) is 35.3 Å². The third-order valence-corrected chi connectivity index (χ3v) is 2.98. The number of amides is 1. The molecular formula is C15H18N2O3. The number of carbonyl (C=O) groups is 1. The smallest absolute Gasteiger partial charge is 0.270 e. The average Bonchev–Trinajstić information content (AvgIpc) is 2.45. The van der Waals surface area contributed by atoms with Gasteiger partial charge in [-0.3, -0.25) is 4.79 Å².